The van der Waals surface area contributed by atoms with Gasteiger partial charge in [-0.15, -0.1) is 0 Å². The van der Waals surface area contributed by atoms with Crippen LogP contribution in [0.25, 0.3) is 21.8 Å². The van der Waals surface area contributed by atoms with E-state index >= 15 is 0 Å². The first kappa shape index (κ1) is 20.0. The molecule has 4 aliphatic heterocycles. The van der Waals surface area contributed by atoms with Gasteiger partial charge in [0, 0.05) is 24.2 Å². The van der Waals surface area contributed by atoms with Gasteiger partial charge in [-0.3, -0.25) is 4.90 Å². The van der Waals surface area contributed by atoms with Crippen molar-refractivity contribution in [1.82, 2.24) is 14.9 Å². The van der Waals surface area contributed by atoms with Crippen molar-refractivity contribution in [2.45, 2.75) is 20.0 Å². The molecule has 0 spiro atoms. The van der Waals surface area contributed by atoms with Gasteiger partial charge in [-0.2, -0.15) is 0 Å². The number of hydrogen-bond acceptors (Lipinski definition) is 8. The van der Waals surface area contributed by atoms with Gasteiger partial charge in [-0.25, -0.2) is 14.8 Å². The normalized spacial score (nSPS) is 15.9. The maximum absolute atomic E-state index is 12.3. The summed E-state index contributed by atoms with van der Waals surface area (Å²) in [6.07, 6.45) is -0.297. The molecule has 162 valence electrons. The quantitative estimate of drug-likeness (QED) is 0.613. The van der Waals surface area contributed by atoms with Crippen molar-refractivity contribution in [2.24, 2.45) is 0 Å². The third-order valence-corrected chi connectivity index (χ3v) is 6.73. The molecule has 5 rings (SSSR count). The summed E-state index contributed by atoms with van der Waals surface area (Å²) in [7, 11) is 1.66. The molecule has 0 saturated carbocycles. The molecule has 0 unspecified atom stereocenters. The number of rotatable bonds is 4. The maximum Gasteiger partial charge on any atom is 0.410 e. The molecular weight excluding hydrogens is 416 g/mol. The molecule has 31 heavy (non-hydrogen) atoms. The Morgan fingerprint density at radius 3 is 2.81 bits per heavy atom. The Morgan fingerprint density at radius 1 is 1.19 bits per heavy atom. The maximum atomic E-state index is 12.3. The molecular formula is C22H24N4O4S. The van der Waals surface area contributed by atoms with E-state index in [1.165, 1.54) is 0 Å². The molecule has 0 N–H and O–H groups in total. The van der Waals surface area contributed by atoms with E-state index in [1.54, 1.807) is 23.3 Å². The van der Waals surface area contributed by atoms with E-state index in [1.807, 2.05) is 31.2 Å². The third kappa shape index (κ3) is 3.68. The van der Waals surface area contributed by atoms with Crippen LogP contribution < -0.4 is 9.64 Å². The van der Waals surface area contributed by atoms with Gasteiger partial charge in [0.1, 0.15) is 17.1 Å². The topological polar surface area (TPSA) is 77.0 Å². The van der Waals surface area contributed by atoms with Crippen LogP contribution in [0.2, 0.25) is 0 Å². The lowest BCUT2D eigenvalue weighted by atomic mass is 10.1. The van der Waals surface area contributed by atoms with Crippen molar-refractivity contribution >= 4 is 22.6 Å². The predicted molar refractivity (Wildman–Crippen MR) is 118 cm³/mol. The van der Waals surface area contributed by atoms with Crippen LogP contribution in [0.15, 0.2) is 24.3 Å². The molecule has 1 aromatic rings. The monoisotopic (exact) mass is 440 g/mol. The summed E-state index contributed by atoms with van der Waals surface area (Å²) in [5.41, 5.74) is 4.69. The van der Waals surface area contributed by atoms with E-state index in [-0.39, 0.29) is 6.09 Å². The van der Waals surface area contributed by atoms with E-state index < -0.39 is 0 Å². The number of nitrogens with zero attached hydrogens (tertiary/aromatic N) is 4. The first-order valence-electron chi connectivity index (χ1n) is 10.4. The number of carbonyl (C=O) groups is 1. The Balaban J connectivity index is 1.61. The number of aromatic nitrogens is 2. The Bertz CT molecular complexity index is 1080. The summed E-state index contributed by atoms with van der Waals surface area (Å²) >= 11 is 1.64. The zero-order valence-corrected chi connectivity index (χ0v) is 18.4. The number of morpholine rings is 1. The highest BCUT2D eigenvalue weighted by atomic mass is 32.1. The first-order valence-corrected chi connectivity index (χ1v) is 11.2. The fourth-order valence-electron chi connectivity index (χ4n) is 3.99. The summed E-state index contributed by atoms with van der Waals surface area (Å²) in [5, 5.41) is 0.943. The second kappa shape index (κ2) is 8.32. The largest absolute Gasteiger partial charge is 0.497 e. The Labute approximate surface area is 184 Å². The summed E-state index contributed by atoms with van der Waals surface area (Å²) in [6, 6.07) is 7.90. The average molecular weight is 441 g/mol. The number of carbonyl (C=O) groups excluding carboxylic acids is 1. The highest BCUT2D eigenvalue weighted by Gasteiger charge is 2.34. The number of hydrogen-bond donors (Lipinski definition) is 0. The van der Waals surface area contributed by atoms with Crippen molar-refractivity contribution in [3.8, 4) is 27.6 Å². The minimum Gasteiger partial charge on any atom is -0.497 e. The van der Waals surface area contributed by atoms with E-state index in [0.717, 1.165) is 57.1 Å². The van der Waals surface area contributed by atoms with Gasteiger partial charge in [-0.05, 0) is 19.1 Å². The number of anilines is 1. The van der Waals surface area contributed by atoms with Crippen LogP contribution in [0.1, 0.15) is 18.2 Å². The standard InChI is InChI=1S/C22H24N4O4S/c1-3-30-22(27)26-12-16-17(13-26)23-19-18(14-5-4-6-15(11-14)28-2)24-21(31-20(16)19)25-7-9-29-10-8-25/h4-6,11H,3,7-10,12-13H2,1-2H3. The van der Waals surface area contributed by atoms with Crippen molar-refractivity contribution in [2.75, 3.05) is 44.9 Å². The van der Waals surface area contributed by atoms with Crippen LogP contribution >= 0.6 is 11.3 Å². The molecule has 4 aliphatic rings. The number of amides is 1. The molecule has 0 aliphatic carbocycles. The fourth-order valence-corrected chi connectivity index (χ4v) is 5.16. The SMILES string of the molecule is CCOC(=O)N1Cc2nc3c(-c4cccc(OC)c4)nc(N4CCOCC4)sc-3c2C1. The average Bonchev–Trinajstić information content (AvgIpc) is 3.38. The molecule has 0 radical (unpaired) electrons. The van der Waals surface area contributed by atoms with Crippen LogP contribution in [-0.2, 0) is 22.6 Å². The minimum absolute atomic E-state index is 0.297. The molecule has 0 atom stereocenters. The van der Waals surface area contributed by atoms with E-state index in [9.17, 15) is 4.79 Å². The first-order chi connectivity index (χ1) is 15.2. The summed E-state index contributed by atoms with van der Waals surface area (Å²) < 4.78 is 16.1. The highest BCUT2D eigenvalue weighted by Crippen LogP contribution is 2.45. The van der Waals surface area contributed by atoms with Crippen LogP contribution in [0.4, 0.5) is 9.93 Å². The lowest BCUT2D eigenvalue weighted by Gasteiger charge is -2.28. The van der Waals surface area contributed by atoms with Crippen molar-refractivity contribution in [1.29, 1.82) is 0 Å². The lowest BCUT2D eigenvalue weighted by molar-refractivity contribution is 0.106. The lowest BCUT2D eigenvalue weighted by Crippen LogP contribution is -2.36. The number of fused-ring (bicyclic) bond motifs is 3. The second-order valence-corrected chi connectivity index (χ2v) is 8.42. The van der Waals surface area contributed by atoms with Crippen molar-refractivity contribution in [3.05, 3.63) is 35.5 Å². The highest BCUT2D eigenvalue weighted by molar-refractivity contribution is 7.19. The Hall–Kier alpha value is -2.91. The van der Waals surface area contributed by atoms with E-state index in [4.69, 9.17) is 24.2 Å². The van der Waals surface area contributed by atoms with Gasteiger partial charge in [0.25, 0.3) is 0 Å². The summed E-state index contributed by atoms with van der Waals surface area (Å²) in [5.74, 6) is 0.778. The smallest absolute Gasteiger partial charge is 0.410 e. The van der Waals surface area contributed by atoms with Crippen LogP contribution in [-0.4, -0.2) is 61.0 Å². The van der Waals surface area contributed by atoms with E-state index in [0.29, 0.717) is 32.9 Å². The fraction of sp³-hybridized carbons (Fsp3) is 0.409. The molecule has 1 fully saturated rings. The predicted octanol–water partition coefficient (Wildman–Crippen LogP) is 3.63. The van der Waals surface area contributed by atoms with E-state index in [2.05, 4.69) is 4.90 Å². The van der Waals surface area contributed by atoms with Crippen molar-refractivity contribution in [3.63, 3.8) is 0 Å². The van der Waals surface area contributed by atoms with Gasteiger partial charge in [-0.1, -0.05) is 23.5 Å². The van der Waals surface area contributed by atoms with Gasteiger partial charge in [0.05, 0.1) is 50.6 Å². The molecule has 0 aromatic heterocycles. The number of methoxy groups -OCH3 is 1. The molecule has 1 amide bonds. The third-order valence-electron chi connectivity index (χ3n) is 5.55. The van der Waals surface area contributed by atoms with Gasteiger partial charge in [0.15, 0.2) is 5.13 Å². The number of benzene rings is 1. The number of ether oxygens (including phenoxy) is 3. The summed E-state index contributed by atoms with van der Waals surface area (Å²) in [4.78, 5) is 27.2. The zero-order valence-electron chi connectivity index (χ0n) is 17.6. The zero-order chi connectivity index (χ0) is 21.4. The Morgan fingerprint density at radius 2 is 2.03 bits per heavy atom. The molecule has 9 heteroatoms. The molecule has 8 nitrogen and oxygen atoms in total. The molecule has 4 heterocycles. The van der Waals surface area contributed by atoms with Crippen molar-refractivity contribution < 1.29 is 19.0 Å². The van der Waals surface area contributed by atoms with Crippen LogP contribution in [0.3, 0.4) is 0 Å². The minimum atomic E-state index is -0.297. The van der Waals surface area contributed by atoms with Gasteiger partial charge in [0.2, 0.25) is 0 Å². The summed E-state index contributed by atoms with van der Waals surface area (Å²) in [6.45, 7) is 6.13. The molecule has 1 saturated heterocycles. The van der Waals surface area contributed by atoms with Gasteiger partial charge >= 0.3 is 6.09 Å². The van der Waals surface area contributed by atoms with Gasteiger partial charge < -0.3 is 19.1 Å². The Kier molecular flexibility index (Phi) is 5.37. The molecule has 0 bridgehead atoms. The van der Waals surface area contributed by atoms with Crippen LogP contribution in [0.5, 0.6) is 5.75 Å². The second-order valence-electron chi connectivity index (χ2n) is 7.45. The molecule has 1 aromatic carbocycles. The van der Waals surface area contributed by atoms with Crippen LogP contribution in [0, 0.1) is 0 Å².